The summed E-state index contributed by atoms with van der Waals surface area (Å²) in [5.74, 6) is 0.473. The van der Waals surface area contributed by atoms with E-state index in [0.29, 0.717) is 5.92 Å². The van der Waals surface area contributed by atoms with Crippen LogP contribution in [0.3, 0.4) is 0 Å². The van der Waals surface area contributed by atoms with E-state index >= 15 is 0 Å². The predicted molar refractivity (Wildman–Crippen MR) is 69.5 cm³/mol. The van der Waals surface area contributed by atoms with Gasteiger partial charge >= 0.3 is 0 Å². The van der Waals surface area contributed by atoms with Crippen LogP contribution in [0.2, 0.25) is 0 Å². The van der Waals surface area contributed by atoms with Crippen molar-refractivity contribution >= 4 is 0 Å². The molecule has 1 rings (SSSR count). The molecule has 1 aromatic rings. The summed E-state index contributed by atoms with van der Waals surface area (Å²) < 4.78 is 0. The SMILES string of the molecule is C=CCCCC(C[C@H](C)O)c1ccccc1. The topological polar surface area (TPSA) is 20.2 Å². The third-order valence-electron chi connectivity index (χ3n) is 2.86. The summed E-state index contributed by atoms with van der Waals surface area (Å²) in [6, 6.07) is 10.5. The van der Waals surface area contributed by atoms with Crippen LogP contribution in [0.25, 0.3) is 0 Å². The van der Waals surface area contributed by atoms with Crippen LogP contribution < -0.4 is 0 Å². The van der Waals surface area contributed by atoms with E-state index < -0.39 is 0 Å². The average Bonchev–Trinajstić information content (AvgIpc) is 2.29. The van der Waals surface area contributed by atoms with E-state index in [1.54, 1.807) is 0 Å². The Balaban J connectivity index is 2.60. The second-order valence-electron chi connectivity index (χ2n) is 4.41. The van der Waals surface area contributed by atoms with Gasteiger partial charge in [0.15, 0.2) is 0 Å². The molecule has 16 heavy (non-hydrogen) atoms. The van der Waals surface area contributed by atoms with Crippen LogP contribution in [0, 0.1) is 0 Å². The summed E-state index contributed by atoms with van der Waals surface area (Å²) in [5, 5.41) is 9.52. The third kappa shape index (κ3) is 4.63. The molecule has 0 saturated heterocycles. The number of allylic oxidation sites excluding steroid dienone is 1. The molecule has 1 heteroatoms. The molecule has 0 aliphatic carbocycles. The zero-order valence-corrected chi connectivity index (χ0v) is 10.1. The molecule has 0 amide bonds. The van der Waals surface area contributed by atoms with Gasteiger partial charge < -0.3 is 5.11 Å². The summed E-state index contributed by atoms with van der Waals surface area (Å²) in [7, 11) is 0. The molecule has 0 aromatic heterocycles. The van der Waals surface area contributed by atoms with Gasteiger partial charge in [0.2, 0.25) is 0 Å². The maximum atomic E-state index is 9.52. The Morgan fingerprint density at radius 2 is 2.00 bits per heavy atom. The Kier molecular flexibility index (Phi) is 5.87. The van der Waals surface area contributed by atoms with Crippen LogP contribution in [0.4, 0.5) is 0 Å². The minimum atomic E-state index is -0.228. The molecular formula is C15H22O. The van der Waals surface area contributed by atoms with Gasteiger partial charge in [-0.15, -0.1) is 6.58 Å². The van der Waals surface area contributed by atoms with Gasteiger partial charge in [-0.3, -0.25) is 0 Å². The van der Waals surface area contributed by atoms with E-state index in [-0.39, 0.29) is 6.10 Å². The lowest BCUT2D eigenvalue weighted by atomic mass is 9.89. The van der Waals surface area contributed by atoms with Crippen LogP contribution in [-0.4, -0.2) is 11.2 Å². The molecule has 0 fully saturated rings. The lowest BCUT2D eigenvalue weighted by Crippen LogP contribution is -2.08. The van der Waals surface area contributed by atoms with Crippen LogP contribution in [-0.2, 0) is 0 Å². The van der Waals surface area contributed by atoms with Gasteiger partial charge in [-0.2, -0.15) is 0 Å². The zero-order chi connectivity index (χ0) is 11.8. The van der Waals surface area contributed by atoms with E-state index in [0.717, 1.165) is 25.7 Å². The normalized spacial score (nSPS) is 14.4. The van der Waals surface area contributed by atoms with Crippen LogP contribution in [0.15, 0.2) is 43.0 Å². The summed E-state index contributed by atoms with van der Waals surface area (Å²) in [6.07, 6.45) is 5.92. The Labute approximate surface area is 98.8 Å². The Morgan fingerprint density at radius 1 is 1.31 bits per heavy atom. The van der Waals surface area contributed by atoms with Crippen molar-refractivity contribution in [2.75, 3.05) is 0 Å². The highest BCUT2D eigenvalue weighted by molar-refractivity contribution is 5.19. The molecule has 0 aliphatic heterocycles. The molecule has 1 unspecified atom stereocenters. The van der Waals surface area contributed by atoms with Crippen LogP contribution in [0.5, 0.6) is 0 Å². The molecule has 1 aromatic carbocycles. The highest BCUT2D eigenvalue weighted by atomic mass is 16.3. The number of hydrogen-bond acceptors (Lipinski definition) is 1. The van der Waals surface area contributed by atoms with Crippen molar-refractivity contribution in [3.63, 3.8) is 0 Å². The second-order valence-corrected chi connectivity index (χ2v) is 4.41. The maximum absolute atomic E-state index is 9.52. The van der Waals surface area contributed by atoms with Gasteiger partial charge in [-0.05, 0) is 44.1 Å². The summed E-state index contributed by atoms with van der Waals surface area (Å²) in [6.45, 7) is 5.61. The van der Waals surface area contributed by atoms with Crippen molar-refractivity contribution in [2.45, 2.75) is 44.6 Å². The second kappa shape index (κ2) is 7.24. The monoisotopic (exact) mass is 218 g/mol. The first kappa shape index (κ1) is 13.0. The quantitative estimate of drug-likeness (QED) is 0.543. The molecule has 0 heterocycles. The predicted octanol–water partition coefficient (Wildman–Crippen LogP) is 3.90. The van der Waals surface area contributed by atoms with Gasteiger partial charge in [0, 0.05) is 0 Å². The Hall–Kier alpha value is -1.08. The van der Waals surface area contributed by atoms with E-state index in [1.165, 1.54) is 5.56 Å². The fourth-order valence-electron chi connectivity index (χ4n) is 2.07. The lowest BCUT2D eigenvalue weighted by molar-refractivity contribution is 0.172. The molecule has 0 bridgehead atoms. The van der Waals surface area contributed by atoms with Gasteiger partial charge in [-0.25, -0.2) is 0 Å². The van der Waals surface area contributed by atoms with Crippen molar-refractivity contribution in [3.05, 3.63) is 48.6 Å². The van der Waals surface area contributed by atoms with E-state index in [9.17, 15) is 5.11 Å². The van der Waals surface area contributed by atoms with E-state index in [4.69, 9.17) is 0 Å². The highest BCUT2D eigenvalue weighted by Crippen LogP contribution is 2.26. The van der Waals surface area contributed by atoms with Crippen molar-refractivity contribution in [1.29, 1.82) is 0 Å². The molecular weight excluding hydrogens is 196 g/mol. The minimum Gasteiger partial charge on any atom is -0.393 e. The standard InChI is InChI=1S/C15H22O/c1-3-4-6-11-15(12-13(2)16)14-9-7-5-8-10-14/h3,5,7-10,13,15-16H,1,4,6,11-12H2,2H3/t13-,15?/m0/s1. The number of hydrogen-bond donors (Lipinski definition) is 1. The summed E-state index contributed by atoms with van der Waals surface area (Å²) >= 11 is 0. The number of benzene rings is 1. The number of unbranched alkanes of at least 4 members (excludes halogenated alkanes) is 1. The molecule has 0 aliphatic rings. The smallest absolute Gasteiger partial charge is 0.0517 e. The van der Waals surface area contributed by atoms with E-state index in [1.807, 2.05) is 19.1 Å². The average molecular weight is 218 g/mol. The Morgan fingerprint density at radius 3 is 2.56 bits per heavy atom. The van der Waals surface area contributed by atoms with Crippen LogP contribution >= 0.6 is 0 Å². The summed E-state index contributed by atoms with van der Waals surface area (Å²) in [5.41, 5.74) is 1.34. The fraction of sp³-hybridized carbons (Fsp3) is 0.467. The lowest BCUT2D eigenvalue weighted by Gasteiger charge is -2.18. The maximum Gasteiger partial charge on any atom is 0.0517 e. The first-order valence-corrected chi connectivity index (χ1v) is 6.08. The molecule has 0 radical (unpaired) electrons. The van der Waals surface area contributed by atoms with Crippen molar-refractivity contribution in [3.8, 4) is 0 Å². The molecule has 0 spiro atoms. The van der Waals surface area contributed by atoms with Gasteiger partial charge in [-0.1, -0.05) is 36.4 Å². The van der Waals surface area contributed by atoms with Gasteiger partial charge in [0.1, 0.15) is 0 Å². The largest absolute Gasteiger partial charge is 0.393 e. The number of aliphatic hydroxyl groups excluding tert-OH is 1. The molecule has 2 atom stereocenters. The minimum absolute atomic E-state index is 0.228. The van der Waals surface area contributed by atoms with Gasteiger partial charge in [0.25, 0.3) is 0 Å². The molecule has 1 N–H and O–H groups in total. The summed E-state index contributed by atoms with van der Waals surface area (Å²) in [4.78, 5) is 0. The van der Waals surface area contributed by atoms with Crippen molar-refractivity contribution in [2.24, 2.45) is 0 Å². The van der Waals surface area contributed by atoms with Crippen molar-refractivity contribution < 1.29 is 5.11 Å². The first-order chi connectivity index (χ1) is 7.74. The highest BCUT2D eigenvalue weighted by Gasteiger charge is 2.13. The third-order valence-corrected chi connectivity index (χ3v) is 2.86. The van der Waals surface area contributed by atoms with Crippen LogP contribution in [0.1, 0.15) is 44.1 Å². The number of rotatable bonds is 7. The molecule has 1 nitrogen and oxygen atoms in total. The Bertz CT molecular complexity index is 290. The molecule has 88 valence electrons. The zero-order valence-electron chi connectivity index (χ0n) is 10.1. The number of aliphatic hydroxyl groups is 1. The van der Waals surface area contributed by atoms with Gasteiger partial charge in [0.05, 0.1) is 6.10 Å². The fourth-order valence-corrected chi connectivity index (χ4v) is 2.07. The first-order valence-electron chi connectivity index (χ1n) is 6.08. The van der Waals surface area contributed by atoms with Crippen molar-refractivity contribution in [1.82, 2.24) is 0 Å². The van der Waals surface area contributed by atoms with E-state index in [2.05, 4.69) is 30.8 Å². The molecule has 0 saturated carbocycles.